The smallest absolute Gasteiger partial charge is 0.103 e. The molecule has 2 nitrogen and oxygen atoms in total. The molecule has 4 heteroatoms. The molecule has 1 spiro atoms. The number of fused-ring (bicyclic) bond motifs is 2. The first-order valence-electron chi connectivity index (χ1n) is 9.22. The van der Waals surface area contributed by atoms with E-state index in [4.69, 9.17) is 4.74 Å². The Hall–Kier alpha value is -0.940. The van der Waals surface area contributed by atoms with Crippen molar-refractivity contribution in [3.05, 3.63) is 75.3 Å². The Bertz CT molecular complexity index is 827. The fraction of sp³-hybridized carbons (Fsp3) is 0.364. The molecule has 5 rings (SSSR count). The van der Waals surface area contributed by atoms with Crippen LogP contribution in [0.4, 0.5) is 0 Å². The molecule has 2 aromatic carbocycles. The van der Waals surface area contributed by atoms with Gasteiger partial charge in [0.25, 0.3) is 0 Å². The average molecular weight is 477 g/mol. The van der Waals surface area contributed by atoms with Gasteiger partial charge in [0.15, 0.2) is 0 Å². The lowest BCUT2D eigenvalue weighted by Crippen LogP contribution is -3.00. The quantitative estimate of drug-likeness (QED) is 0.566. The Morgan fingerprint density at radius 2 is 1.77 bits per heavy atom. The van der Waals surface area contributed by atoms with Crippen molar-refractivity contribution in [2.45, 2.75) is 5.92 Å². The van der Waals surface area contributed by atoms with Crippen molar-refractivity contribution in [3.63, 3.8) is 0 Å². The lowest BCUT2D eigenvalue weighted by Gasteiger charge is -2.38. The number of ether oxygens (including phenoxy) is 1. The molecule has 0 radical (unpaired) electrons. The van der Waals surface area contributed by atoms with Gasteiger partial charge in [0.1, 0.15) is 19.6 Å². The molecule has 2 atom stereocenters. The van der Waals surface area contributed by atoms with Gasteiger partial charge in [0, 0.05) is 16.3 Å². The highest BCUT2D eigenvalue weighted by Crippen LogP contribution is 2.48. The summed E-state index contributed by atoms with van der Waals surface area (Å²) < 4.78 is 8.05. The number of hydrogen-bond acceptors (Lipinski definition) is 1. The molecule has 0 amide bonds. The van der Waals surface area contributed by atoms with E-state index in [1.54, 1.807) is 5.57 Å². The van der Waals surface area contributed by atoms with Gasteiger partial charge in [-0.1, -0.05) is 52.3 Å². The van der Waals surface area contributed by atoms with Crippen molar-refractivity contribution in [1.29, 1.82) is 0 Å². The van der Waals surface area contributed by atoms with E-state index in [2.05, 4.69) is 70.5 Å². The molecule has 2 heterocycles. The molecule has 2 saturated heterocycles. The molecule has 0 N–H and O–H groups in total. The number of nitrogens with zero attached hydrogens (tertiary/aromatic N) is 1. The van der Waals surface area contributed by atoms with Gasteiger partial charge in [-0.3, -0.25) is 0 Å². The van der Waals surface area contributed by atoms with Gasteiger partial charge in [-0.05, 0) is 40.5 Å². The van der Waals surface area contributed by atoms with Crippen LogP contribution < -0.4 is 17.0 Å². The number of halogens is 2. The number of rotatable bonds is 1. The fourth-order valence-corrected chi connectivity index (χ4v) is 5.46. The summed E-state index contributed by atoms with van der Waals surface area (Å²) in [7, 11) is 0. The van der Waals surface area contributed by atoms with Crippen LogP contribution in [-0.4, -0.2) is 43.9 Å². The average Bonchev–Trinajstić information content (AvgIpc) is 2.98. The van der Waals surface area contributed by atoms with Crippen molar-refractivity contribution < 1.29 is 26.2 Å². The lowest BCUT2D eigenvalue weighted by atomic mass is 9.73. The van der Waals surface area contributed by atoms with E-state index in [0.29, 0.717) is 11.8 Å². The first kappa shape index (κ1) is 18.4. The number of morpholine rings is 1. The third-order valence-corrected chi connectivity index (χ3v) is 6.78. The topological polar surface area (TPSA) is 9.23 Å². The maximum atomic E-state index is 5.66. The molecule has 136 valence electrons. The predicted octanol–water partition coefficient (Wildman–Crippen LogP) is 1.46. The predicted molar refractivity (Wildman–Crippen MR) is 104 cm³/mol. The van der Waals surface area contributed by atoms with E-state index in [-0.39, 0.29) is 17.0 Å². The van der Waals surface area contributed by atoms with Gasteiger partial charge < -0.3 is 26.2 Å². The molecule has 0 saturated carbocycles. The number of quaternary nitrogens is 1. The van der Waals surface area contributed by atoms with E-state index in [1.165, 1.54) is 38.7 Å². The number of hydrogen-bond donors (Lipinski definition) is 0. The summed E-state index contributed by atoms with van der Waals surface area (Å²) in [6.07, 6.45) is 2.48. The second-order valence-electron chi connectivity index (χ2n) is 7.73. The summed E-state index contributed by atoms with van der Waals surface area (Å²) in [6.45, 7) is 6.60. The van der Waals surface area contributed by atoms with Crippen LogP contribution in [0.5, 0.6) is 0 Å². The van der Waals surface area contributed by atoms with Crippen LogP contribution in [0.15, 0.2) is 58.6 Å². The maximum absolute atomic E-state index is 5.66. The maximum Gasteiger partial charge on any atom is 0.103 e. The van der Waals surface area contributed by atoms with Gasteiger partial charge in [-0.2, -0.15) is 0 Å². The Morgan fingerprint density at radius 3 is 2.54 bits per heavy atom. The van der Waals surface area contributed by atoms with Crippen LogP contribution in [-0.2, 0) is 4.74 Å². The normalized spacial score (nSPS) is 25.8. The van der Waals surface area contributed by atoms with Gasteiger partial charge >= 0.3 is 0 Å². The van der Waals surface area contributed by atoms with Crippen molar-refractivity contribution in [2.24, 2.45) is 5.92 Å². The van der Waals surface area contributed by atoms with Crippen LogP contribution in [0, 0.1) is 5.92 Å². The Labute approximate surface area is 174 Å². The highest BCUT2D eigenvalue weighted by atomic mass is 79.9. The lowest BCUT2D eigenvalue weighted by molar-refractivity contribution is -0.923. The molecule has 2 aliphatic heterocycles. The Kier molecular flexibility index (Phi) is 5.13. The zero-order valence-electron chi connectivity index (χ0n) is 14.7. The number of benzene rings is 2. The van der Waals surface area contributed by atoms with Gasteiger partial charge in [0.05, 0.1) is 19.8 Å². The molecule has 0 bridgehead atoms. The highest BCUT2D eigenvalue weighted by molar-refractivity contribution is 9.10. The van der Waals surface area contributed by atoms with E-state index >= 15 is 0 Å². The third-order valence-electron chi connectivity index (χ3n) is 6.28. The summed E-state index contributed by atoms with van der Waals surface area (Å²) in [5, 5.41) is 0. The monoisotopic (exact) mass is 475 g/mol. The van der Waals surface area contributed by atoms with Crippen LogP contribution in [0.2, 0.25) is 0 Å². The summed E-state index contributed by atoms with van der Waals surface area (Å²) in [6, 6.07) is 17.9. The zero-order valence-corrected chi connectivity index (χ0v) is 17.9. The summed E-state index contributed by atoms with van der Waals surface area (Å²) in [5.74, 6) is 1.08. The molecular weight excluding hydrogens is 454 g/mol. The van der Waals surface area contributed by atoms with Crippen molar-refractivity contribution >= 4 is 22.0 Å². The molecule has 0 aromatic heterocycles. The van der Waals surface area contributed by atoms with Crippen LogP contribution in [0.1, 0.15) is 22.6 Å². The van der Waals surface area contributed by atoms with Crippen LogP contribution >= 0.6 is 15.9 Å². The highest BCUT2D eigenvalue weighted by Gasteiger charge is 2.48. The zero-order chi connectivity index (χ0) is 16.9. The molecule has 2 aromatic rings. The Morgan fingerprint density at radius 1 is 1.00 bits per heavy atom. The van der Waals surface area contributed by atoms with Crippen molar-refractivity contribution in [2.75, 3.05) is 39.4 Å². The first-order chi connectivity index (χ1) is 12.2. The van der Waals surface area contributed by atoms with Gasteiger partial charge in [0.2, 0.25) is 0 Å². The van der Waals surface area contributed by atoms with Crippen LogP contribution in [0.25, 0.3) is 6.08 Å². The minimum atomic E-state index is 0. The second kappa shape index (κ2) is 7.23. The molecule has 2 unspecified atom stereocenters. The minimum absolute atomic E-state index is 0. The van der Waals surface area contributed by atoms with E-state index in [9.17, 15) is 0 Å². The first-order valence-corrected chi connectivity index (χ1v) is 10.0. The molecule has 1 aliphatic carbocycles. The van der Waals surface area contributed by atoms with E-state index in [1.807, 2.05) is 0 Å². The van der Waals surface area contributed by atoms with Gasteiger partial charge in [-0.15, -0.1) is 0 Å². The summed E-state index contributed by atoms with van der Waals surface area (Å²) >= 11 is 3.69. The largest absolute Gasteiger partial charge is 1.00 e. The van der Waals surface area contributed by atoms with E-state index < -0.39 is 0 Å². The third kappa shape index (κ3) is 3.11. The van der Waals surface area contributed by atoms with E-state index in [0.717, 1.165) is 26.3 Å². The Balaban J connectivity index is 0.00000168. The minimum Gasteiger partial charge on any atom is -1.00 e. The van der Waals surface area contributed by atoms with Crippen LogP contribution in [0.3, 0.4) is 0 Å². The second-order valence-corrected chi connectivity index (χ2v) is 8.64. The fourth-order valence-electron chi connectivity index (χ4n) is 5.08. The van der Waals surface area contributed by atoms with Crippen molar-refractivity contribution in [3.8, 4) is 0 Å². The van der Waals surface area contributed by atoms with Gasteiger partial charge in [-0.25, -0.2) is 0 Å². The standard InChI is InChI=1S/C22H23BrNO.BrH/c23-19-7-6-17-12-18-14-24(8-10-25-11-9-24)15-21(18)22(20(17)13-19)16-4-2-1-3-5-16;/h1-7,12-13,21-22H,8-11,14-15H2;1H/q+1;/p-1. The molecular formula is C22H23Br2NO. The summed E-state index contributed by atoms with van der Waals surface area (Å²) in [4.78, 5) is 0. The molecule has 3 aliphatic rings. The molecule has 2 fully saturated rings. The van der Waals surface area contributed by atoms with Crippen molar-refractivity contribution in [1.82, 2.24) is 0 Å². The SMILES string of the molecule is Brc1ccc2c(c1)C(c1ccccc1)C1C[N+]3(CCOCC3)CC1=C2.[Br-]. The summed E-state index contributed by atoms with van der Waals surface area (Å²) in [5.41, 5.74) is 5.97. The molecule has 26 heavy (non-hydrogen) atoms.